The average molecular weight is 225 g/mol. The molecule has 4 N–H and O–H groups in total. The first-order valence-electron chi connectivity index (χ1n) is 5.45. The molecule has 3 unspecified atom stereocenters. The third-order valence-corrected chi connectivity index (χ3v) is 3.36. The van der Waals surface area contributed by atoms with Gasteiger partial charge in [0.2, 0.25) is 0 Å². The Balaban J connectivity index is 2.33. The zero-order valence-electron chi connectivity index (χ0n) is 8.94. The standard InChI is InChI=1S/C12H16FNO2/c13-9-5-3-8(4-6-9)12(14)7-1-2-10(15)11(12)16/h3-6,10-11,15-16H,1-2,7,14H2. The van der Waals surface area contributed by atoms with E-state index in [9.17, 15) is 14.6 Å². The molecular weight excluding hydrogens is 209 g/mol. The zero-order valence-corrected chi connectivity index (χ0v) is 8.94. The van der Waals surface area contributed by atoms with Crippen molar-refractivity contribution in [1.29, 1.82) is 0 Å². The van der Waals surface area contributed by atoms with Crippen LogP contribution in [0.5, 0.6) is 0 Å². The fraction of sp³-hybridized carbons (Fsp3) is 0.500. The molecule has 0 radical (unpaired) electrons. The average Bonchev–Trinajstić information content (AvgIpc) is 2.27. The van der Waals surface area contributed by atoms with E-state index >= 15 is 0 Å². The van der Waals surface area contributed by atoms with Gasteiger partial charge in [-0.2, -0.15) is 0 Å². The van der Waals surface area contributed by atoms with Gasteiger partial charge in [0.1, 0.15) is 11.9 Å². The molecule has 0 saturated heterocycles. The van der Waals surface area contributed by atoms with Crippen LogP contribution in [0.1, 0.15) is 24.8 Å². The first kappa shape index (κ1) is 11.5. The van der Waals surface area contributed by atoms with Crippen molar-refractivity contribution in [3.63, 3.8) is 0 Å². The van der Waals surface area contributed by atoms with Crippen LogP contribution in [-0.4, -0.2) is 22.4 Å². The lowest BCUT2D eigenvalue weighted by Crippen LogP contribution is -2.55. The Morgan fingerprint density at radius 1 is 1.25 bits per heavy atom. The maximum Gasteiger partial charge on any atom is 0.123 e. The van der Waals surface area contributed by atoms with Crippen LogP contribution in [0.3, 0.4) is 0 Å². The van der Waals surface area contributed by atoms with Crippen molar-refractivity contribution in [2.24, 2.45) is 5.73 Å². The van der Waals surface area contributed by atoms with Gasteiger partial charge in [0.15, 0.2) is 0 Å². The molecule has 4 heteroatoms. The number of rotatable bonds is 1. The molecule has 0 spiro atoms. The number of aliphatic hydroxyl groups is 2. The van der Waals surface area contributed by atoms with Gasteiger partial charge in [-0.25, -0.2) is 4.39 Å². The van der Waals surface area contributed by atoms with Crippen LogP contribution in [-0.2, 0) is 5.54 Å². The lowest BCUT2D eigenvalue weighted by molar-refractivity contribution is -0.0595. The summed E-state index contributed by atoms with van der Waals surface area (Å²) >= 11 is 0. The normalized spacial score (nSPS) is 35.0. The molecule has 1 saturated carbocycles. The molecular formula is C12H16FNO2. The smallest absolute Gasteiger partial charge is 0.123 e. The highest BCUT2D eigenvalue weighted by Crippen LogP contribution is 2.35. The zero-order chi connectivity index (χ0) is 11.8. The highest BCUT2D eigenvalue weighted by atomic mass is 19.1. The second kappa shape index (κ2) is 4.13. The highest BCUT2D eigenvalue weighted by Gasteiger charge is 2.42. The highest BCUT2D eigenvalue weighted by molar-refractivity contribution is 5.27. The Bertz CT molecular complexity index is 368. The number of hydrogen-bond acceptors (Lipinski definition) is 3. The van der Waals surface area contributed by atoms with Gasteiger partial charge in [0.25, 0.3) is 0 Å². The molecule has 0 heterocycles. The molecule has 0 amide bonds. The molecule has 1 aromatic rings. The number of halogens is 1. The summed E-state index contributed by atoms with van der Waals surface area (Å²) in [5.74, 6) is -0.335. The first-order valence-corrected chi connectivity index (χ1v) is 5.45. The molecule has 1 aromatic carbocycles. The maximum atomic E-state index is 12.8. The summed E-state index contributed by atoms with van der Waals surface area (Å²) in [6.07, 6.45) is 0.111. The topological polar surface area (TPSA) is 66.5 Å². The van der Waals surface area contributed by atoms with E-state index in [-0.39, 0.29) is 5.82 Å². The number of benzene rings is 1. The Morgan fingerprint density at radius 3 is 2.50 bits per heavy atom. The van der Waals surface area contributed by atoms with Gasteiger partial charge in [-0.1, -0.05) is 12.1 Å². The number of nitrogens with two attached hydrogens (primary N) is 1. The second-order valence-electron chi connectivity index (χ2n) is 4.45. The van der Waals surface area contributed by atoms with Crippen LogP contribution < -0.4 is 5.73 Å². The second-order valence-corrected chi connectivity index (χ2v) is 4.45. The van der Waals surface area contributed by atoms with E-state index in [1.54, 1.807) is 12.1 Å². The molecule has 0 aliphatic heterocycles. The predicted molar refractivity (Wildman–Crippen MR) is 58.1 cm³/mol. The van der Waals surface area contributed by atoms with Crippen LogP contribution in [0, 0.1) is 5.82 Å². The molecule has 1 fully saturated rings. The largest absolute Gasteiger partial charge is 0.390 e. The molecule has 0 aromatic heterocycles. The minimum Gasteiger partial charge on any atom is -0.390 e. The molecule has 16 heavy (non-hydrogen) atoms. The van der Waals surface area contributed by atoms with Gasteiger partial charge in [0, 0.05) is 0 Å². The number of aliphatic hydroxyl groups excluding tert-OH is 2. The van der Waals surface area contributed by atoms with Gasteiger partial charge < -0.3 is 15.9 Å². The first-order chi connectivity index (χ1) is 7.54. The van der Waals surface area contributed by atoms with E-state index in [4.69, 9.17) is 5.73 Å². The SMILES string of the molecule is NC1(c2ccc(F)cc2)CCCC(O)C1O. The maximum absolute atomic E-state index is 12.8. The monoisotopic (exact) mass is 225 g/mol. The van der Waals surface area contributed by atoms with E-state index in [1.807, 2.05) is 0 Å². The summed E-state index contributed by atoms with van der Waals surface area (Å²) in [7, 11) is 0. The van der Waals surface area contributed by atoms with Crippen LogP contribution >= 0.6 is 0 Å². The van der Waals surface area contributed by atoms with Crippen LogP contribution in [0.25, 0.3) is 0 Å². The van der Waals surface area contributed by atoms with Crippen molar-refractivity contribution in [2.45, 2.75) is 37.0 Å². The Kier molecular flexibility index (Phi) is 2.97. The molecule has 2 rings (SSSR count). The lowest BCUT2D eigenvalue weighted by atomic mass is 9.74. The summed E-state index contributed by atoms with van der Waals surface area (Å²) in [4.78, 5) is 0. The van der Waals surface area contributed by atoms with Gasteiger partial charge in [-0.15, -0.1) is 0 Å². The minimum atomic E-state index is -0.994. The van der Waals surface area contributed by atoms with Crippen molar-refractivity contribution in [2.75, 3.05) is 0 Å². The molecule has 88 valence electrons. The van der Waals surface area contributed by atoms with Crippen LogP contribution in [0.2, 0.25) is 0 Å². The molecule has 3 nitrogen and oxygen atoms in total. The third kappa shape index (κ3) is 1.84. The van der Waals surface area contributed by atoms with Crippen molar-refractivity contribution >= 4 is 0 Å². The van der Waals surface area contributed by atoms with E-state index in [1.165, 1.54) is 12.1 Å². The molecule has 3 atom stereocenters. The Labute approximate surface area is 93.7 Å². The van der Waals surface area contributed by atoms with Gasteiger partial charge in [-0.3, -0.25) is 0 Å². The molecule has 0 bridgehead atoms. The molecule has 1 aliphatic rings. The van der Waals surface area contributed by atoms with Gasteiger partial charge >= 0.3 is 0 Å². The summed E-state index contributed by atoms with van der Waals surface area (Å²) in [6, 6.07) is 5.77. The van der Waals surface area contributed by atoms with E-state index < -0.39 is 17.7 Å². The predicted octanol–water partition coefficient (Wildman–Crippen LogP) is 0.885. The van der Waals surface area contributed by atoms with E-state index in [0.717, 1.165) is 6.42 Å². The van der Waals surface area contributed by atoms with Gasteiger partial charge in [0.05, 0.1) is 11.6 Å². The molecule has 1 aliphatic carbocycles. The Hall–Kier alpha value is -0.970. The quantitative estimate of drug-likeness (QED) is 0.665. The third-order valence-electron chi connectivity index (χ3n) is 3.36. The summed E-state index contributed by atoms with van der Waals surface area (Å²) in [6.45, 7) is 0. The summed E-state index contributed by atoms with van der Waals surface area (Å²) in [5, 5.41) is 19.6. The summed E-state index contributed by atoms with van der Waals surface area (Å²) in [5.41, 5.74) is 5.83. The number of hydrogen-bond donors (Lipinski definition) is 3. The van der Waals surface area contributed by atoms with Crippen molar-refractivity contribution in [3.8, 4) is 0 Å². The van der Waals surface area contributed by atoms with Gasteiger partial charge in [-0.05, 0) is 37.0 Å². The van der Waals surface area contributed by atoms with E-state index in [0.29, 0.717) is 18.4 Å². The van der Waals surface area contributed by atoms with E-state index in [2.05, 4.69) is 0 Å². The van der Waals surface area contributed by atoms with Crippen LogP contribution in [0.15, 0.2) is 24.3 Å². The van der Waals surface area contributed by atoms with Crippen molar-refractivity contribution in [1.82, 2.24) is 0 Å². The lowest BCUT2D eigenvalue weighted by Gasteiger charge is -2.41. The minimum absolute atomic E-state index is 0.335. The van der Waals surface area contributed by atoms with Crippen LogP contribution in [0.4, 0.5) is 4.39 Å². The van der Waals surface area contributed by atoms with Crippen molar-refractivity contribution in [3.05, 3.63) is 35.6 Å². The fourth-order valence-electron chi connectivity index (χ4n) is 2.33. The van der Waals surface area contributed by atoms with Crippen molar-refractivity contribution < 1.29 is 14.6 Å². The fourth-order valence-corrected chi connectivity index (χ4v) is 2.33. The Morgan fingerprint density at radius 2 is 1.88 bits per heavy atom. The summed E-state index contributed by atoms with van der Waals surface area (Å²) < 4.78 is 12.8.